The van der Waals surface area contributed by atoms with Gasteiger partial charge in [-0.15, -0.1) is 0 Å². The largest absolute Gasteiger partial charge is 0.508 e. The number of aliphatic hydroxyl groups excluding tert-OH is 1. The number of aromatic amines is 1. The first-order valence-corrected chi connectivity index (χ1v) is 20.1. The van der Waals surface area contributed by atoms with E-state index in [0.717, 1.165) is 0 Å². The molecule has 6 atom stereocenters. The summed E-state index contributed by atoms with van der Waals surface area (Å²) in [7, 11) is 0. The summed E-state index contributed by atoms with van der Waals surface area (Å²) >= 11 is 0. The van der Waals surface area contributed by atoms with Crippen LogP contribution in [0.25, 0.3) is 0 Å². The quantitative estimate of drug-likeness (QED) is 0.0362. The fraction of sp³-hybridized carbons (Fsp3) is 0.415. The summed E-state index contributed by atoms with van der Waals surface area (Å²) < 4.78 is 0. The lowest BCUT2D eigenvalue weighted by Crippen LogP contribution is -2.60. The third-order valence-electron chi connectivity index (χ3n) is 9.36. The molecular weight excluding hydrogens is 837 g/mol. The molecule has 0 radical (unpaired) electrons. The Bertz CT molecular complexity index is 2070. The first kappa shape index (κ1) is 51.0. The van der Waals surface area contributed by atoms with Gasteiger partial charge in [0.05, 0.1) is 32.4 Å². The minimum Gasteiger partial charge on any atom is -0.508 e. The van der Waals surface area contributed by atoms with Gasteiger partial charge in [0, 0.05) is 31.2 Å². The number of H-pyrrole nitrogens is 1. The Hall–Kier alpha value is -7.40. The molecule has 1 heterocycles. The fourth-order valence-corrected chi connectivity index (χ4v) is 6.07. The molecule has 3 rings (SSSR count). The molecule has 0 saturated heterocycles. The van der Waals surface area contributed by atoms with E-state index in [2.05, 4.69) is 47.2 Å². The van der Waals surface area contributed by atoms with Crippen molar-refractivity contribution in [3.63, 3.8) is 0 Å². The van der Waals surface area contributed by atoms with Crippen molar-refractivity contribution in [1.29, 1.82) is 0 Å². The van der Waals surface area contributed by atoms with Crippen LogP contribution in [-0.4, -0.2) is 129 Å². The van der Waals surface area contributed by atoms with Crippen LogP contribution >= 0.6 is 0 Å². The number of nitrogens with two attached hydrogens (primary N) is 3. The molecule has 9 amide bonds. The van der Waals surface area contributed by atoms with Crippen molar-refractivity contribution in [3.05, 3.63) is 83.9 Å². The number of aliphatic hydroxyl groups is 1. The average molecular weight is 893 g/mol. The number of primary amides is 2. The molecule has 64 heavy (non-hydrogen) atoms. The Morgan fingerprint density at radius 2 is 1.14 bits per heavy atom. The molecule has 346 valence electrons. The lowest BCUT2D eigenvalue weighted by molar-refractivity contribution is -0.135. The minimum atomic E-state index is -1.72. The van der Waals surface area contributed by atoms with Crippen molar-refractivity contribution in [1.82, 2.24) is 47.2 Å². The van der Waals surface area contributed by atoms with Gasteiger partial charge in [-0.3, -0.25) is 43.2 Å². The van der Waals surface area contributed by atoms with Crippen molar-refractivity contribution in [2.75, 3.05) is 19.7 Å². The second kappa shape index (κ2) is 25.5. The first-order chi connectivity index (χ1) is 30.3. The normalized spacial score (nSPS) is 13.7. The summed E-state index contributed by atoms with van der Waals surface area (Å²) in [6.45, 7) is 1.73. The predicted molar refractivity (Wildman–Crippen MR) is 227 cm³/mol. The van der Waals surface area contributed by atoms with Gasteiger partial charge in [-0.25, -0.2) is 4.98 Å². The highest BCUT2D eigenvalue weighted by molar-refractivity contribution is 5.98. The highest BCUT2D eigenvalue weighted by Gasteiger charge is 2.33. The zero-order valence-corrected chi connectivity index (χ0v) is 35.3. The maximum Gasteiger partial charge on any atom is 0.243 e. The number of rotatable bonds is 26. The van der Waals surface area contributed by atoms with Gasteiger partial charge >= 0.3 is 0 Å². The van der Waals surface area contributed by atoms with E-state index in [4.69, 9.17) is 22.3 Å². The number of amides is 9. The van der Waals surface area contributed by atoms with Crippen LogP contribution in [0, 0.1) is 5.92 Å². The van der Waals surface area contributed by atoms with Gasteiger partial charge in [0.1, 0.15) is 42.0 Å². The van der Waals surface area contributed by atoms with Gasteiger partial charge in [-0.1, -0.05) is 56.3 Å². The number of nitrogens with one attached hydrogen (secondary N) is 8. The number of benzene rings is 2. The molecule has 2 aromatic carbocycles. The second-order valence-electron chi connectivity index (χ2n) is 15.2. The molecule has 0 aliphatic carbocycles. The van der Waals surface area contributed by atoms with Crippen LogP contribution in [0.2, 0.25) is 0 Å². The number of phenolic OH excluding ortho intramolecular Hbond substituents is 1. The van der Waals surface area contributed by atoms with E-state index in [1.54, 1.807) is 30.3 Å². The molecule has 23 nitrogen and oxygen atoms in total. The van der Waals surface area contributed by atoms with Crippen LogP contribution in [0.5, 0.6) is 5.75 Å². The monoisotopic (exact) mass is 892 g/mol. The van der Waals surface area contributed by atoms with E-state index >= 15 is 0 Å². The maximum absolute atomic E-state index is 14.1. The maximum atomic E-state index is 14.1. The van der Waals surface area contributed by atoms with Gasteiger partial charge < -0.3 is 69.6 Å². The average Bonchev–Trinajstić information content (AvgIpc) is 3.77. The van der Waals surface area contributed by atoms with Crippen LogP contribution < -0.4 is 54.4 Å². The van der Waals surface area contributed by atoms with Crippen molar-refractivity contribution in [3.8, 4) is 5.75 Å². The van der Waals surface area contributed by atoms with Crippen molar-refractivity contribution in [2.24, 2.45) is 23.1 Å². The van der Waals surface area contributed by atoms with Crippen molar-refractivity contribution >= 4 is 53.2 Å². The van der Waals surface area contributed by atoms with Crippen LogP contribution in [0.4, 0.5) is 0 Å². The van der Waals surface area contributed by atoms with E-state index in [9.17, 15) is 48.3 Å². The Morgan fingerprint density at radius 3 is 1.66 bits per heavy atom. The molecule has 0 saturated carbocycles. The number of imidazole rings is 1. The summed E-state index contributed by atoms with van der Waals surface area (Å²) in [6.07, 6.45) is 1.64. The SMILES string of the molecule is CC(C)CC(NC(=O)CNC(=O)C(Cc1ccccc1)NC(=O)C(CC(N)=O)NC(=O)C(Cc1ccc(O)cc1)NC(=O)C(Cc1cnc[nH]1)NC(=O)CNC(=O)C(N)CO)C(N)=O. The van der Waals surface area contributed by atoms with Crippen molar-refractivity contribution in [2.45, 2.75) is 82.2 Å². The van der Waals surface area contributed by atoms with Gasteiger partial charge in [-0.2, -0.15) is 0 Å². The Balaban J connectivity index is 1.87. The molecule has 3 aromatic rings. The standard InChI is InChI=1S/C41H56N12O11/c1-22(2)12-28(36(44)59)49-34(57)19-47-38(61)29(13-23-6-4-3-5-7-23)51-41(64)32(16-33(43)56)53-39(62)30(14-24-8-10-26(55)11-9-24)52-40(63)31(15-25-17-45-21-48-25)50-35(58)18-46-37(60)27(42)20-54/h3-11,17,21-22,27-32,54-55H,12-16,18-20,42H2,1-2H3,(H2,43,56)(H2,44,59)(H,45,48)(H,46,60)(H,47,61)(H,49,57)(H,50,58)(H,51,64)(H,52,63)(H,53,62). The smallest absolute Gasteiger partial charge is 0.243 e. The molecule has 1 aromatic heterocycles. The first-order valence-electron chi connectivity index (χ1n) is 20.1. The number of aromatic nitrogens is 2. The third-order valence-corrected chi connectivity index (χ3v) is 9.36. The number of hydrogen-bond donors (Lipinski definition) is 13. The van der Waals surface area contributed by atoms with Crippen molar-refractivity contribution < 1.29 is 53.4 Å². The Kier molecular flexibility index (Phi) is 20.3. The molecule has 0 fully saturated rings. The number of aromatic hydroxyl groups is 1. The van der Waals surface area contributed by atoms with E-state index in [0.29, 0.717) is 16.8 Å². The highest BCUT2D eigenvalue weighted by Crippen LogP contribution is 2.13. The second-order valence-corrected chi connectivity index (χ2v) is 15.2. The molecule has 23 heteroatoms. The van der Waals surface area contributed by atoms with E-state index in [1.807, 2.05) is 13.8 Å². The number of nitrogens with zero attached hydrogens (tertiary/aromatic N) is 1. The molecule has 0 aliphatic rings. The zero-order valence-electron chi connectivity index (χ0n) is 35.3. The molecule has 0 bridgehead atoms. The minimum absolute atomic E-state index is 0.00853. The number of phenols is 1. The van der Waals surface area contributed by atoms with Crippen LogP contribution in [0.15, 0.2) is 67.1 Å². The summed E-state index contributed by atoms with van der Waals surface area (Å²) in [6, 6.07) is 5.71. The van der Waals surface area contributed by atoms with Crippen LogP contribution in [0.1, 0.15) is 43.5 Å². The summed E-state index contributed by atoms with van der Waals surface area (Å²) in [4.78, 5) is 124. The van der Waals surface area contributed by atoms with Gasteiger partial charge in [-0.05, 0) is 35.6 Å². The van der Waals surface area contributed by atoms with Crippen LogP contribution in [-0.2, 0) is 62.4 Å². The van der Waals surface area contributed by atoms with E-state index in [1.165, 1.54) is 36.8 Å². The Morgan fingerprint density at radius 1 is 0.641 bits per heavy atom. The Labute approximate surface area is 367 Å². The number of carbonyl (C=O) groups is 9. The van der Waals surface area contributed by atoms with Gasteiger partial charge in [0.25, 0.3) is 0 Å². The lowest BCUT2D eigenvalue weighted by Gasteiger charge is -2.26. The number of hydrogen-bond acceptors (Lipinski definition) is 13. The summed E-state index contributed by atoms with van der Waals surface area (Å²) in [5.74, 6) is -8.09. The number of carbonyl (C=O) groups excluding carboxylic acids is 9. The van der Waals surface area contributed by atoms with E-state index in [-0.39, 0.29) is 37.4 Å². The molecule has 6 unspecified atom stereocenters. The summed E-state index contributed by atoms with van der Waals surface area (Å²) in [5, 5.41) is 36.1. The zero-order chi connectivity index (χ0) is 47.3. The summed E-state index contributed by atoms with van der Waals surface area (Å²) in [5.41, 5.74) is 17.8. The predicted octanol–water partition coefficient (Wildman–Crippen LogP) is -4.47. The highest BCUT2D eigenvalue weighted by atomic mass is 16.3. The van der Waals surface area contributed by atoms with Gasteiger partial charge in [0.15, 0.2) is 0 Å². The third kappa shape index (κ3) is 17.9. The van der Waals surface area contributed by atoms with Gasteiger partial charge in [0.2, 0.25) is 53.2 Å². The molecule has 0 aliphatic heterocycles. The van der Waals surface area contributed by atoms with Crippen LogP contribution in [0.3, 0.4) is 0 Å². The molecular formula is C41H56N12O11. The fourth-order valence-electron chi connectivity index (χ4n) is 6.07. The van der Waals surface area contributed by atoms with E-state index < -0.39 is 116 Å². The molecule has 0 spiro atoms. The topological polar surface area (TPSA) is 385 Å². The molecule has 16 N–H and O–H groups in total. The lowest BCUT2D eigenvalue weighted by atomic mass is 10.0.